The van der Waals surface area contributed by atoms with Crippen molar-refractivity contribution in [1.29, 1.82) is 0 Å². The third-order valence-corrected chi connectivity index (χ3v) is 5.87. The fourth-order valence-electron chi connectivity index (χ4n) is 3.44. The first kappa shape index (κ1) is 23.3. The molecule has 0 saturated heterocycles. The van der Waals surface area contributed by atoms with Gasteiger partial charge in [-0.15, -0.1) is 0 Å². The second kappa shape index (κ2) is 10.9. The van der Waals surface area contributed by atoms with Crippen molar-refractivity contribution >= 4 is 49.9 Å². The Morgan fingerprint density at radius 2 is 1.56 bits per heavy atom. The first-order valence-corrected chi connectivity index (χ1v) is 11.6. The monoisotopic (exact) mass is 518 g/mol. The van der Waals surface area contributed by atoms with Gasteiger partial charge in [-0.1, -0.05) is 42.5 Å². The Morgan fingerprint density at radius 3 is 2.35 bits per heavy atom. The van der Waals surface area contributed by atoms with Crippen LogP contribution in [0.1, 0.15) is 17.3 Å². The van der Waals surface area contributed by atoms with Crippen LogP contribution in [-0.4, -0.2) is 25.0 Å². The smallest absolute Gasteiger partial charge is 0.262 e. The largest absolute Gasteiger partial charge is 0.494 e. The van der Waals surface area contributed by atoms with Crippen molar-refractivity contribution in [2.45, 2.75) is 6.92 Å². The second-order valence-corrected chi connectivity index (χ2v) is 8.19. The molecular formula is C27H23BrN2O4. The average molecular weight is 519 g/mol. The van der Waals surface area contributed by atoms with E-state index in [9.17, 15) is 9.59 Å². The third kappa shape index (κ3) is 5.55. The predicted octanol–water partition coefficient (Wildman–Crippen LogP) is 6.27. The van der Waals surface area contributed by atoms with Gasteiger partial charge in [-0.05, 0) is 76.1 Å². The molecule has 4 rings (SSSR count). The fourth-order valence-corrected chi connectivity index (χ4v) is 4.05. The maximum absolute atomic E-state index is 12.8. The topological polar surface area (TPSA) is 76.7 Å². The van der Waals surface area contributed by atoms with E-state index in [-0.39, 0.29) is 18.4 Å². The number of carbonyl (C=O) groups is 2. The highest BCUT2D eigenvalue weighted by Gasteiger charge is 2.15. The minimum atomic E-state index is -0.374. The molecule has 0 aromatic heterocycles. The molecule has 0 aliphatic heterocycles. The Hall–Kier alpha value is -3.84. The van der Waals surface area contributed by atoms with Crippen LogP contribution in [0.15, 0.2) is 89.4 Å². The van der Waals surface area contributed by atoms with Crippen molar-refractivity contribution < 1.29 is 19.1 Å². The molecule has 0 unspecified atom stereocenters. The van der Waals surface area contributed by atoms with Crippen molar-refractivity contribution in [3.05, 3.63) is 95.0 Å². The quantitative estimate of drug-likeness (QED) is 0.288. The number of rotatable bonds is 8. The van der Waals surface area contributed by atoms with E-state index >= 15 is 0 Å². The molecule has 0 aliphatic carbocycles. The summed E-state index contributed by atoms with van der Waals surface area (Å²) in [5, 5.41) is 7.68. The minimum absolute atomic E-state index is 0.203. The molecule has 0 spiro atoms. The molecule has 172 valence electrons. The molecule has 6 nitrogen and oxygen atoms in total. The maximum Gasteiger partial charge on any atom is 0.262 e. The summed E-state index contributed by atoms with van der Waals surface area (Å²) in [7, 11) is 0. The molecule has 0 bridgehead atoms. The van der Waals surface area contributed by atoms with E-state index in [1.807, 2.05) is 43.3 Å². The van der Waals surface area contributed by atoms with Crippen LogP contribution in [0.5, 0.6) is 11.5 Å². The number of hydrogen-bond donors (Lipinski definition) is 2. The van der Waals surface area contributed by atoms with Gasteiger partial charge >= 0.3 is 0 Å². The number of carbonyl (C=O) groups excluding carboxylic acids is 2. The summed E-state index contributed by atoms with van der Waals surface area (Å²) in [6, 6.07) is 25.6. The maximum atomic E-state index is 12.8. The van der Waals surface area contributed by atoms with E-state index in [0.717, 1.165) is 21.0 Å². The number of hydrogen-bond acceptors (Lipinski definition) is 4. The molecule has 2 amide bonds. The first-order valence-electron chi connectivity index (χ1n) is 10.8. The van der Waals surface area contributed by atoms with Crippen molar-refractivity contribution in [1.82, 2.24) is 0 Å². The molecule has 0 radical (unpaired) electrons. The van der Waals surface area contributed by atoms with Gasteiger partial charge in [-0.3, -0.25) is 9.59 Å². The van der Waals surface area contributed by atoms with E-state index in [4.69, 9.17) is 9.47 Å². The average Bonchev–Trinajstić information content (AvgIpc) is 2.85. The van der Waals surface area contributed by atoms with Gasteiger partial charge in [0, 0.05) is 5.69 Å². The number of para-hydroxylation sites is 1. The number of halogens is 1. The number of amides is 2. The van der Waals surface area contributed by atoms with Gasteiger partial charge in [0.2, 0.25) is 0 Å². The van der Waals surface area contributed by atoms with Crippen molar-refractivity contribution in [3.63, 3.8) is 0 Å². The fraction of sp³-hybridized carbons (Fsp3) is 0.111. The summed E-state index contributed by atoms with van der Waals surface area (Å²) in [6.45, 7) is 2.28. The number of fused-ring (bicyclic) bond motifs is 1. The Kier molecular flexibility index (Phi) is 7.44. The number of benzene rings is 4. The second-order valence-electron chi connectivity index (χ2n) is 7.39. The van der Waals surface area contributed by atoms with Gasteiger partial charge in [0.15, 0.2) is 6.61 Å². The predicted molar refractivity (Wildman–Crippen MR) is 138 cm³/mol. The number of nitrogens with one attached hydrogen (secondary N) is 2. The van der Waals surface area contributed by atoms with Crippen molar-refractivity contribution in [2.24, 2.45) is 0 Å². The Balaban J connectivity index is 1.41. The van der Waals surface area contributed by atoms with Gasteiger partial charge in [-0.2, -0.15) is 0 Å². The van der Waals surface area contributed by atoms with E-state index in [1.54, 1.807) is 48.5 Å². The summed E-state index contributed by atoms with van der Waals surface area (Å²) >= 11 is 3.56. The van der Waals surface area contributed by atoms with E-state index < -0.39 is 0 Å². The first-order chi connectivity index (χ1) is 16.5. The molecule has 0 fully saturated rings. The lowest BCUT2D eigenvalue weighted by Gasteiger charge is -2.13. The van der Waals surface area contributed by atoms with Crippen LogP contribution in [0.25, 0.3) is 10.8 Å². The molecule has 7 heteroatoms. The highest BCUT2D eigenvalue weighted by molar-refractivity contribution is 9.10. The van der Waals surface area contributed by atoms with Gasteiger partial charge in [-0.25, -0.2) is 0 Å². The van der Waals surface area contributed by atoms with Crippen LogP contribution in [0.2, 0.25) is 0 Å². The lowest BCUT2D eigenvalue weighted by Crippen LogP contribution is -2.23. The number of ether oxygens (including phenoxy) is 2. The molecule has 0 saturated carbocycles. The van der Waals surface area contributed by atoms with E-state index in [2.05, 4.69) is 26.6 Å². The van der Waals surface area contributed by atoms with Crippen LogP contribution < -0.4 is 20.1 Å². The summed E-state index contributed by atoms with van der Waals surface area (Å²) in [4.78, 5) is 25.4. The van der Waals surface area contributed by atoms with Gasteiger partial charge in [0.05, 0.1) is 22.3 Å². The molecule has 34 heavy (non-hydrogen) atoms. The Labute approximate surface area is 206 Å². The van der Waals surface area contributed by atoms with Crippen LogP contribution in [0.4, 0.5) is 11.4 Å². The van der Waals surface area contributed by atoms with Crippen molar-refractivity contribution in [2.75, 3.05) is 23.8 Å². The van der Waals surface area contributed by atoms with Gasteiger partial charge in [0.25, 0.3) is 11.8 Å². The Bertz CT molecular complexity index is 1320. The van der Waals surface area contributed by atoms with Crippen molar-refractivity contribution in [3.8, 4) is 11.5 Å². The zero-order valence-corrected chi connectivity index (χ0v) is 20.1. The zero-order chi connectivity index (χ0) is 23.9. The van der Waals surface area contributed by atoms with E-state index in [1.165, 1.54) is 0 Å². The third-order valence-electron chi connectivity index (χ3n) is 5.06. The van der Waals surface area contributed by atoms with Crippen LogP contribution in [-0.2, 0) is 4.79 Å². The zero-order valence-electron chi connectivity index (χ0n) is 18.5. The lowest BCUT2D eigenvalue weighted by atomic mass is 10.1. The molecule has 4 aromatic rings. The highest BCUT2D eigenvalue weighted by atomic mass is 79.9. The molecule has 0 atom stereocenters. The van der Waals surface area contributed by atoms with Crippen LogP contribution in [0, 0.1) is 0 Å². The lowest BCUT2D eigenvalue weighted by molar-refractivity contribution is -0.118. The van der Waals surface area contributed by atoms with E-state index in [0.29, 0.717) is 29.3 Å². The van der Waals surface area contributed by atoms with Gasteiger partial charge < -0.3 is 20.1 Å². The minimum Gasteiger partial charge on any atom is -0.494 e. The SMILES string of the molecule is CCOc1ccc(NC(=O)c2ccccc2NC(=O)COc2ccc3ccccc3c2Br)cc1. The number of anilines is 2. The van der Waals surface area contributed by atoms with Crippen LogP contribution >= 0.6 is 15.9 Å². The summed E-state index contributed by atoms with van der Waals surface area (Å²) in [6.07, 6.45) is 0. The normalized spacial score (nSPS) is 10.5. The molecule has 2 N–H and O–H groups in total. The molecule has 0 aliphatic rings. The summed E-state index contributed by atoms with van der Waals surface area (Å²) in [5.41, 5.74) is 1.37. The summed E-state index contributed by atoms with van der Waals surface area (Å²) < 4.78 is 11.9. The van der Waals surface area contributed by atoms with Crippen LogP contribution in [0.3, 0.4) is 0 Å². The van der Waals surface area contributed by atoms with Gasteiger partial charge in [0.1, 0.15) is 11.5 Å². The highest BCUT2D eigenvalue weighted by Crippen LogP contribution is 2.33. The standard InChI is InChI=1S/C27H23BrN2O4/c1-2-33-20-14-12-19(13-15-20)29-27(32)22-9-5-6-10-23(22)30-25(31)17-34-24-16-11-18-7-3-4-8-21(18)26(24)28/h3-16H,2,17H2,1H3,(H,29,32)(H,30,31). The molecule has 0 heterocycles. The summed E-state index contributed by atoms with van der Waals surface area (Å²) in [5.74, 6) is 0.584. The Morgan fingerprint density at radius 1 is 0.824 bits per heavy atom. The molecule has 4 aromatic carbocycles. The molecular weight excluding hydrogens is 496 g/mol.